The second kappa shape index (κ2) is 8.38. The Morgan fingerprint density at radius 3 is 2.55 bits per heavy atom. The Labute approximate surface area is 187 Å². The number of alkyl halides is 3. The van der Waals surface area contributed by atoms with Crippen LogP contribution in [0.2, 0.25) is 0 Å². The van der Waals surface area contributed by atoms with Gasteiger partial charge in [0, 0.05) is 29.4 Å². The third kappa shape index (κ3) is 4.27. The molecule has 0 saturated carbocycles. The lowest BCUT2D eigenvalue weighted by atomic mass is 10.1. The summed E-state index contributed by atoms with van der Waals surface area (Å²) in [5.41, 5.74) is 3.15. The summed E-state index contributed by atoms with van der Waals surface area (Å²) in [6.45, 7) is 0.564. The van der Waals surface area contributed by atoms with E-state index in [9.17, 15) is 13.2 Å². The fourth-order valence-corrected chi connectivity index (χ4v) is 3.67. The number of hydrogen-bond donors (Lipinski definition) is 1. The average molecular weight is 445 g/mol. The van der Waals surface area contributed by atoms with E-state index >= 15 is 0 Å². The number of fused-ring (bicyclic) bond motifs is 1. The summed E-state index contributed by atoms with van der Waals surface area (Å²) in [4.78, 5) is 8.73. The first-order chi connectivity index (χ1) is 16.0. The maximum atomic E-state index is 13.1. The van der Waals surface area contributed by atoms with Gasteiger partial charge in [0.1, 0.15) is 6.33 Å². The molecule has 0 saturated heterocycles. The van der Waals surface area contributed by atoms with Crippen LogP contribution in [0.25, 0.3) is 28.0 Å². The normalized spacial score (nSPS) is 11.6. The van der Waals surface area contributed by atoms with Crippen molar-refractivity contribution in [2.75, 3.05) is 5.32 Å². The number of para-hydroxylation sites is 2. The molecule has 5 rings (SSSR count). The largest absolute Gasteiger partial charge is 0.416 e. The van der Waals surface area contributed by atoms with Crippen LogP contribution in [-0.4, -0.2) is 19.7 Å². The number of benzene rings is 3. The van der Waals surface area contributed by atoms with Crippen LogP contribution in [0.4, 0.5) is 18.9 Å². The number of nitrogens with one attached hydrogen (secondary N) is 1. The molecule has 8 heteroatoms. The Morgan fingerprint density at radius 2 is 1.67 bits per heavy atom. The molecule has 5 nitrogen and oxygen atoms in total. The van der Waals surface area contributed by atoms with Gasteiger partial charge in [0.2, 0.25) is 0 Å². The molecule has 0 bridgehead atoms. The Bertz CT molecular complexity index is 1420. The first kappa shape index (κ1) is 20.7. The Hall–Kier alpha value is -4.20. The average Bonchev–Trinajstić information content (AvgIpc) is 3.33. The van der Waals surface area contributed by atoms with E-state index in [0.29, 0.717) is 12.4 Å². The number of hydrogen-bond acceptors (Lipinski definition) is 4. The number of nitrogens with zero attached hydrogens (tertiary/aromatic N) is 4. The van der Waals surface area contributed by atoms with Crippen LogP contribution >= 0.6 is 0 Å². The van der Waals surface area contributed by atoms with Crippen molar-refractivity contribution in [2.45, 2.75) is 12.7 Å². The first-order valence-electron chi connectivity index (χ1n) is 10.2. The number of halogens is 3. The maximum Gasteiger partial charge on any atom is 0.416 e. The number of pyridine rings is 1. The minimum Gasteiger partial charge on any atom is -0.380 e. The van der Waals surface area contributed by atoms with Crippen LogP contribution in [0.1, 0.15) is 11.1 Å². The summed E-state index contributed by atoms with van der Waals surface area (Å²) in [5, 5.41) is 8.93. The summed E-state index contributed by atoms with van der Waals surface area (Å²) in [6.07, 6.45) is -1.23. The second-order valence-corrected chi connectivity index (χ2v) is 7.45. The SMILES string of the molecule is FC(F)(F)c1cccc(-n2cnc(-c3ccccc3NCc3ccnc4ccccc34)n2)c1. The lowest BCUT2D eigenvalue weighted by Crippen LogP contribution is -2.06. The minimum absolute atomic E-state index is 0.289. The number of rotatable bonds is 5. The monoisotopic (exact) mass is 445 g/mol. The molecule has 5 aromatic rings. The van der Waals surface area contributed by atoms with Crippen LogP contribution in [0, 0.1) is 0 Å². The van der Waals surface area contributed by atoms with Crippen molar-refractivity contribution in [3.8, 4) is 17.1 Å². The fraction of sp³-hybridized carbons (Fsp3) is 0.0800. The highest BCUT2D eigenvalue weighted by Gasteiger charge is 2.30. The molecule has 0 spiro atoms. The molecule has 164 valence electrons. The number of anilines is 1. The lowest BCUT2D eigenvalue weighted by molar-refractivity contribution is -0.137. The standard InChI is InChI=1S/C25H18F3N5/c26-25(27,28)18-6-5-7-19(14-18)33-16-31-24(32-33)21-9-2-4-11-23(21)30-15-17-12-13-29-22-10-3-1-8-20(17)22/h1-14,16,30H,15H2. The van der Waals surface area contributed by atoms with Crippen LogP contribution in [-0.2, 0) is 12.7 Å². The highest BCUT2D eigenvalue weighted by molar-refractivity contribution is 5.82. The highest BCUT2D eigenvalue weighted by Crippen LogP contribution is 2.31. The predicted octanol–water partition coefficient (Wildman–Crippen LogP) is 6.11. The summed E-state index contributed by atoms with van der Waals surface area (Å²) in [6, 6.07) is 22.5. The molecule has 0 aliphatic rings. The highest BCUT2D eigenvalue weighted by atomic mass is 19.4. The lowest BCUT2D eigenvalue weighted by Gasteiger charge is -2.12. The summed E-state index contributed by atoms with van der Waals surface area (Å²) >= 11 is 0. The van der Waals surface area contributed by atoms with Gasteiger partial charge in [0.15, 0.2) is 5.82 Å². The van der Waals surface area contributed by atoms with E-state index in [1.807, 2.05) is 54.6 Å². The Morgan fingerprint density at radius 1 is 0.848 bits per heavy atom. The van der Waals surface area contributed by atoms with E-state index in [1.54, 1.807) is 12.3 Å². The quantitative estimate of drug-likeness (QED) is 0.354. The van der Waals surface area contributed by atoms with Gasteiger partial charge in [-0.2, -0.15) is 13.2 Å². The first-order valence-corrected chi connectivity index (χ1v) is 10.2. The van der Waals surface area contributed by atoms with E-state index in [0.717, 1.165) is 39.8 Å². The van der Waals surface area contributed by atoms with Gasteiger partial charge in [-0.3, -0.25) is 4.98 Å². The molecular formula is C25H18F3N5. The van der Waals surface area contributed by atoms with Gasteiger partial charge in [-0.15, -0.1) is 5.10 Å². The molecule has 0 aliphatic carbocycles. The minimum atomic E-state index is -4.42. The fourth-order valence-electron chi connectivity index (χ4n) is 3.67. The van der Waals surface area contributed by atoms with Gasteiger partial charge in [-0.1, -0.05) is 36.4 Å². The van der Waals surface area contributed by atoms with Gasteiger partial charge in [0.25, 0.3) is 0 Å². The van der Waals surface area contributed by atoms with Crippen molar-refractivity contribution in [1.82, 2.24) is 19.7 Å². The van der Waals surface area contributed by atoms with Crippen LogP contribution in [0.5, 0.6) is 0 Å². The third-order valence-corrected chi connectivity index (χ3v) is 5.31. The van der Waals surface area contributed by atoms with Gasteiger partial charge in [-0.25, -0.2) is 9.67 Å². The number of aromatic nitrogens is 4. The smallest absolute Gasteiger partial charge is 0.380 e. The Balaban J connectivity index is 1.43. The molecule has 0 fully saturated rings. The van der Waals surface area contributed by atoms with Gasteiger partial charge >= 0.3 is 6.18 Å². The van der Waals surface area contributed by atoms with Crippen molar-refractivity contribution in [3.05, 3.63) is 103 Å². The maximum absolute atomic E-state index is 13.1. The zero-order valence-electron chi connectivity index (χ0n) is 17.3. The zero-order valence-corrected chi connectivity index (χ0v) is 17.3. The van der Waals surface area contributed by atoms with Gasteiger partial charge < -0.3 is 5.32 Å². The second-order valence-electron chi connectivity index (χ2n) is 7.45. The van der Waals surface area contributed by atoms with E-state index in [4.69, 9.17) is 0 Å². The topological polar surface area (TPSA) is 55.6 Å². The van der Waals surface area contributed by atoms with Crippen molar-refractivity contribution in [3.63, 3.8) is 0 Å². The molecule has 3 aromatic carbocycles. The zero-order chi connectivity index (χ0) is 22.8. The molecule has 2 heterocycles. The van der Waals surface area contributed by atoms with E-state index in [2.05, 4.69) is 20.4 Å². The van der Waals surface area contributed by atoms with E-state index < -0.39 is 11.7 Å². The summed E-state index contributed by atoms with van der Waals surface area (Å²) in [7, 11) is 0. The molecule has 2 aromatic heterocycles. The molecule has 0 amide bonds. The van der Waals surface area contributed by atoms with E-state index in [-0.39, 0.29) is 5.69 Å². The molecular weight excluding hydrogens is 427 g/mol. The van der Waals surface area contributed by atoms with E-state index in [1.165, 1.54) is 17.1 Å². The summed E-state index contributed by atoms with van der Waals surface area (Å²) in [5.74, 6) is 0.412. The van der Waals surface area contributed by atoms with Crippen molar-refractivity contribution < 1.29 is 13.2 Å². The van der Waals surface area contributed by atoms with Crippen molar-refractivity contribution in [2.24, 2.45) is 0 Å². The Kier molecular flexibility index (Phi) is 5.26. The molecule has 0 unspecified atom stereocenters. The molecule has 1 N–H and O–H groups in total. The molecule has 33 heavy (non-hydrogen) atoms. The van der Waals surface area contributed by atoms with Crippen molar-refractivity contribution in [1.29, 1.82) is 0 Å². The third-order valence-electron chi connectivity index (χ3n) is 5.31. The molecule has 0 aliphatic heterocycles. The van der Waals surface area contributed by atoms with Crippen LogP contribution in [0.15, 0.2) is 91.4 Å². The summed E-state index contributed by atoms with van der Waals surface area (Å²) < 4.78 is 40.6. The van der Waals surface area contributed by atoms with Crippen molar-refractivity contribution >= 4 is 16.6 Å². The molecule has 0 atom stereocenters. The predicted molar refractivity (Wildman–Crippen MR) is 121 cm³/mol. The van der Waals surface area contributed by atoms with Crippen LogP contribution < -0.4 is 5.32 Å². The van der Waals surface area contributed by atoms with Gasteiger partial charge in [0.05, 0.1) is 16.8 Å². The van der Waals surface area contributed by atoms with Crippen LogP contribution in [0.3, 0.4) is 0 Å². The molecule has 0 radical (unpaired) electrons. The van der Waals surface area contributed by atoms with Gasteiger partial charge in [-0.05, 0) is 48.0 Å².